The highest BCUT2D eigenvalue weighted by molar-refractivity contribution is 5.52. The Bertz CT molecular complexity index is 552. The number of methoxy groups -OCH3 is 1. The summed E-state index contributed by atoms with van der Waals surface area (Å²) in [5.74, 6) is 0.919. The highest BCUT2D eigenvalue weighted by Gasteiger charge is 2.00. The number of hydrogen-bond acceptors (Lipinski definition) is 3. The van der Waals surface area contributed by atoms with Crippen molar-refractivity contribution in [3.63, 3.8) is 0 Å². The molecular weight excluding hydrogens is 236 g/mol. The van der Waals surface area contributed by atoms with E-state index in [4.69, 9.17) is 4.74 Å². The van der Waals surface area contributed by atoms with Gasteiger partial charge in [-0.2, -0.15) is 0 Å². The van der Waals surface area contributed by atoms with Gasteiger partial charge in [0.1, 0.15) is 5.75 Å². The maximum absolute atomic E-state index is 5.26. The molecule has 0 unspecified atom stereocenters. The molecule has 0 aromatic heterocycles. The van der Waals surface area contributed by atoms with E-state index in [1.807, 2.05) is 26.1 Å². The van der Waals surface area contributed by atoms with Gasteiger partial charge in [-0.15, -0.1) is 0 Å². The van der Waals surface area contributed by atoms with Crippen molar-refractivity contribution in [3.8, 4) is 5.75 Å². The predicted octanol–water partition coefficient (Wildman–Crippen LogP) is 3.66. The zero-order chi connectivity index (χ0) is 13.7. The molecule has 2 aromatic carbocycles. The van der Waals surface area contributed by atoms with Crippen LogP contribution >= 0.6 is 0 Å². The molecule has 0 bridgehead atoms. The first-order valence-electron chi connectivity index (χ1n) is 6.38. The summed E-state index contributed by atoms with van der Waals surface area (Å²) in [7, 11) is 3.62. The number of rotatable bonds is 5. The molecule has 0 fully saturated rings. The molecule has 0 aliphatic rings. The van der Waals surface area contributed by atoms with E-state index in [0.29, 0.717) is 0 Å². The Morgan fingerprint density at radius 2 is 1.89 bits per heavy atom. The quantitative estimate of drug-likeness (QED) is 0.856. The van der Waals surface area contributed by atoms with Gasteiger partial charge in [-0.25, -0.2) is 0 Å². The van der Waals surface area contributed by atoms with Crippen molar-refractivity contribution in [2.75, 3.05) is 24.8 Å². The normalized spacial score (nSPS) is 10.1. The summed E-state index contributed by atoms with van der Waals surface area (Å²) in [6, 6.07) is 14.5. The van der Waals surface area contributed by atoms with Crippen molar-refractivity contribution in [1.29, 1.82) is 0 Å². The van der Waals surface area contributed by atoms with Gasteiger partial charge < -0.3 is 15.4 Å². The first-order valence-corrected chi connectivity index (χ1v) is 6.38. The molecule has 2 rings (SSSR count). The third kappa shape index (κ3) is 3.41. The zero-order valence-corrected chi connectivity index (χ0v) is 11.7. The van der Waals surface area contributed by atoms with Gasteiger partial charge in [0.2, 0.25) is 0 Å². The molecule has 3 nitrogen and oxygen atoms in total. The lowest BCUT2D eigenvalue weighted by Gasteiger charge is -2.10. The minimum atomic E-state index is 0.807. The number of hydrogen-bond donors (Lipinski definition) is 2. The van der Waals surface area contributed by atoms with Crippen LogP contribution in [0.15, 0.2) is 42.5 Å². The zero-order valence-electron chi connectivity index (χ0n) is 11.7. The van der Waals surface area contributed by atoms with Crippen molar-refractivity contribution in [2.45, 2.75) is 13.5 Å². The monoisotopic (exact) mass is 256 g/mol. The van der Waals surface area contributed by atoms with E-state index < -0.39 is 0 Å². The molecule has 0 saturated carbocycles. The van der Waals surface area contributed by atoms with Gasteiger partial charge in [-0.05, 0) is 48.4 Å². The fraction of sp³-hybridized carbons (Fsp3) is 0.250. The summed E-state index contributed by atoms with van der Waals surface area (Å²) in [5, 5.41) is 6.57. The second-order valence-corrected chi connectivity index (χ2v) is 4.49. The van der Waals surface area contributed by atoms with E-state index in [-0.39, 0.29) is 0 Å². The second-order valence-electron chi connectivity index (χ2n) is 4.49. The van der Waals surface area contributed by atoms with Crippen LogP contribution in [0.3, 0.4) is 0 Å². The number of anilines is 2. The van der Waals surface area contributed by atoms with Gasteiger partial charge in [0.25, 0.3) is 0 Å². The van der Waals surface area contributed by atoms with Crippen LogP contribution in [0.1, 0.15) is 11.1 Å². The van der Waals surface area contributed by atoms with E-state index in [9.17, 15) is 0 Å². The first kappa shape index (κ1) is 13.3. The lowest BCUT2D eigenvalue weighted by molar-refractivity contribution is 0.412. The summed E-state index contributed by atoms with van der Waals surface area (Å²) in [6.07, 6.45) is 0. The summed E-state index contributed by atoms with van der Waals surface area (Å²) in [4.78, 5) is 0. The molecule has 0 radical (unpaired) electrons. The molecular formula is C16H20N2O. The van der Waals surface area contributed by atoms with Crippen molar-refractivity contribution in [1.82, 2.24) is 0 Å². The Morgan fingerprint density at radius 3 is 2.58 bits per heavy atom. The minimum absolute atomic E-state index is 0.807. The molecule has 0 heterocycles. The molecule has 100 valence electrons. The number of nitrogens with one attached hydrogen (secondary N) is 2. The average molecular weight is 256 g/mol. The maximum Gasteiger partial charge on any atom is 0.121 e. The van der Waals surface area contributed by atoms with E-state index in [1.165, 1.54) is 5.56 Å². The van der Waals surface area contributed by atoms with Crippen LogP contribution in [0.4, 0.5) is 11.4 Å². The standard InChI is InChI=1S/C16H20N2O/c1-12-9-15(7-8-16(12)19-3)18-11-13-5-4-6-14(10-13)17-2/h4-10,17-18H,11H2,1-3H3. The topological polar surface area (TPSA) is 33.3 Å². The van der Waals surface area contributed by atoms with E-state index in [2.05, 4.69) is 41.0 Å². The Balaban J connectivity index is 2.03. The lowest BCUT2D eigenvalue weighted by atomic mass is 10.1. The van der Waals surface area contributed by atoms with Crippen molar-refractivity contribution >= 4 is 11.4 Å². The highest BCUT2D eigenvalue weighted by Crippen LogP contribution is 2.22. The molecule has 0 atom stereocenters. The molecule has 0 saturated heterocycles. The van der Waals surface area contributed by atoms with Crippen LogP contribution in [0.2, 0.25) is 0 Å². The molecule has 2 N–H and O–H groups in total. The molecule has 2 aromatic rings. The second kappa shape index (κ2) is 6.14. The van der Waals surface area contributed by atoms with Crippen molar-refractivity contribution in [2.24, 2.45) is 0 Å². The van der Waals surface area contributed by atoms with E-state index >= 15 is 0 Å². The molecule has 0 amide bonds. The van der Waals surface area contributed by atoms with Gasteiger partial charge in [0, 0.05) is 25.0 Å². The summed E-state index contributed by atoms with van der Waals surface area (Å²) in [6.45, 7) is 2.85. The lowest BCUT2D eigenvalue weighted by Crippen LogP contribution is -2.00. The first-order chi connectivity index (χ1) is 9.22. The average Bonchev–Trinajstić information content (AvgIpc) is 2.45. The van der Waals surface area contributed by atoms with E-state index in [0.717, 1.165) is 29.2 Å². The van der Waals surface area contributed by atoms with Gasteiger partial charge in [-0.3, -0.25) is 0 Å². The van der Waals surface area contributed by atoms with Crippen LogP contribution < -0.4 is 15.4 Å². The van der Waals surface area contributed by atoms with Crippen LogP contribution in [-0.2, 0) is 6.54 Å². The summed E-state index contributed by atoms with van der Waals surface area (Å²) >= 11 is 0. The van der Waals surface area contributed by atoms with Crippen LogP contribution in [0, 0.1) is 6.92 Å². The van der Waals surface area contributed by atoms with Gasteiger partial charge in [0.05, 0.1) is 7.11 Å². The Kier molecular flexibility index (Phi) is 4.29. The Hall–Kier alpha value is -2.16. The molecule has 0 aliphatic heterocycles. The molecule has 19 heavy (non-hydrogen) atoms. The Labute approximate surface area is 114 Å². The van der Waals surface area contributed by atoms with Crippen molar-refractivity contribution in [3.05, 3.63) is 53.6 Å². The third-order valence-electron chi connectivity index (χ3n) is 3.11. The van der Waals surface area contributed by atoms with Crippen LogP contribution in [-0.4, -0.2) is 14.2 Å². The molecule has 0 spiro atoms. The number of aryl methyl sites for hydroxylation is 1. The fourth-order valence-electron chi connectivity index (χ4n) is 2.03. The smallest absolute Gasteiger partial charge is 0.121 e. The van der Waals surface area contributed by atoms with Crippen LogP contribution in [0.5, 0.6) is 5.75 Å². The van der Waals surface area contributed by atoms with Gasteiger partial charge >= 0.3 is 0 Å². The van der Waals surface area contributed by atoms with Gasteiger partial charge in [0.15, 0.2) is 0 Å². The fourth-order valence-corrected chi connectivity index (χ4v) is 2.03. The number of benzene rings is 2. The van der Waals surface area contributed by atoms with Gasteiger partial charge in [-0.1, -0.05) is 12.1 Å². The van der Waals surface area contributed by atoms with Crippen molar-refractivity contribution < 1.29 is 4.74 Å². The number of ether oxygens (including phenoxy) is 1. The summed E-state index contributed by atoms with van der Waals surface area (Å²) < 4.78 is 5.26. The summed E-state index contributed by atoms with van der Waals surface area (Å²) in [5.41, 5.74) is 4.62. The van der Waals surface area contributed by atoms with Crippen LogP contribution in [0.25, 0.3) is 0 Å². The molecule has 3 heteroatoms. The highest BCUT2D eigenvalue weighted by atomic mass is 16.5. The predicted molar refractivity (Wildman–Crippen MR) is 81.0 cm³/mol. The SMILES string of the molecule is CNc1cccc(CNc2ccc(OC)c(C)c2)c1. The van der Waals surface area contributed by atoms with E-state index in [1.54, 1.807) is 7.11 Å². The third-order valence-corrected chi connectivity index (χ3v) is 3.11. The Morgan fingerprint density at radius 1 is 1.05 bits per heavy atom. The largest absolute Gasteiger partial charge is 0.496 e. The minimum Gasteiger partial charge on any atom is -0.496 e. The maximum atomic E-state index is 5.26. The molecule has 0 aliphatic carbocycles.